The van der Waals surface area contributed by atoms with Crippen LogP contribution in [0.25, 0.3) is 16.9 Å². The second kappa shape index (κ2) is 7.93. The van der Waals surface area contributed by atoms with E-state index < -0.39 is 0 Å². The maximum absolute atomic E-state index is 13.2. The highest BCUT2D eigenvalue weighted by atomic mass is 32.1. The Bertz CT molecular complexity index is 1270. The van der Waals surface area contributed by atoms with Crippen LogP contribution in [0.3, 0.4) is 0 Å². The molecule has 29 heavy (non-hydrogen) atoms. The van der Waals surface area contributed by atoms with Crippen molar-refractivity contribution in [3.05, 3.63) is 99.5 Å². The van der Waals surface area contributed by atoms with Gasteiger partial charge in [0, 0.05) is 19.0 Å². The fourth-order valence-corrected chi connectivity index (χ4v) is 4.27. The van der Waals surface area contributed by atoms with Gasteiger partial charge in [-0.05, 0) is 24.6 Å². The lowest BCUT2D eigenvalue weighted by Crippen LogP contribution is -2.20. The second-order valence-electron chi connectivity index (χ2n) is 6.69. The van der Waals surface area contributed by atoms with Gasteiger partial charge in [-0.25, -0.2) is 9.67 Å². The highest BCUT2D eigenvalue weighted by Crippen LogP contribution is 2.21. The number of allylic oxidation sites excluding steroid dienone is 1. The van der Waals surface area contributed by atoms with Crippen molar-refractivity contribution in [3.8, 4) is 16.9 Å². The number of hydrogen-bond donors (Lipinski definition) is 0. The summed E-state index contributed by atoms with van der Waals surface area (Å²) in [5.74, 6) is 0. The molecule has 146 valence electrons. The van der Waals surface area contributed by atoms with Gasteiger partial charge in [0.15, 0.2) is 10.5 Å². The average Bonchev–Trinajstić information content (AvgIpc) is 3.24. The van der Waals surface area contributed by atoms with Gasteiger partial charge in [-0.15, -0.1) is 17.9 Å². The van der Waals surface area contributed by atoms with E-state index in [1.807, 2.05) is 73.3 Å². The molecule has 6 heteroatoms. The second-order valence-corrected chi connectivity index (χ2v) is 7.53. The van der Waals surface area contributed by atoms with Crippen molar-refractivity contribution in [2.24, 2.45) is 12.0 Å². The third kappa shape index (κ3) is 3.43. The van der Waals surface area contributed by atoms with E-state index in [0.29, 0.717) is 12.2 Å². The van der Waals surface area contributed by atoms with Crippen LogP contribution in [0, 0.1) is 6.92 Å². The summed E-state index contributed by atoms with van der Waals surface area (Å²) in [6.45, 7) is 6.42. The first-order chi connectivity index (χ1) is 14.1. The van der Waals surface area contributed by atoms with Gasteiger partial charge in [0.25, 0.3) is 5.56 Å². The summed E-state index contributed by atoms with van der Waals surface area (Å²) < 4.78 is 5.59. The summed E-state index contributed by atoms with van der Waals surface area (Å²) in [7, 11) is 1.88. The minimum absolute atomic E-state index is 0.129. The molecule has 0 fully saturated rings. The van der Waals surface area contributed by atoms with Crippen molar-refractivity contribution in [2.45, 2.75) is 13.5 Å². The zero-order chi connectivity index (χ0) is 20.4. The van der Waals surface area contributed by atoms with Gasteiger partial charge in [0.05, 0.1) is 17.1 Å². The van der Waals surface area contributed by atoms with Crippen LogP contribution < -0.4 is 10.4 Å². The van der Waals surface area contributed by atoms with Crippen LogP contribution in [0.1, 0.15) is 5.69 Å². The molecule has 0 bridgehead atoms. The predicted molar refractivity (Wildman–Crippen MR) is 119 cm³/mol. The van der Waals surface area contributed by atoms with Crippen molar-refractivity contribution in [3.63, 3.8) is 0 Å². The molecule has 0 unspecified atom stereocenters. The Balaban J connectivity index is 1.91. The fourth-order valence-electron chi connectivity index (χ4n) is 3.34. The Morgan fingerprint density at radius 3 is 2.38 bits per heavy atom. The molecule has 0 aliphatic carbocycles. The Morgan fingerprint density at radius 2 is 1.72 bits per heavy atom. The van der Waals surface area contributed by atoms with Crippen LogP contribution in [-0.4, -0.2) is 13.9 Å². The lowest BCUT2D eigenvalue weighted by atomic mass is 10.2. The van der Waals surface area contributed by atoms with Crippen LogP contribution in [0.15, 0.2) is 88.5 Å². The quantitative estimate of drug-likeness (QED) is 0.455. The highest BCUT2D eigenvalue weighted by molar-refractivity contribution is 7.07. The van der Waals surface area contributed by atoms with Crippen molar-refractivity contribution < 1.29 is 0 Å². The molecule has 2 heterocycles. The van der Waals surface area contributed by atoms with E-state index in [1.54, 1.807) is 4.68 Å². The lowest BCUT2D eigenvalue weighted by Gasteiger charge is -2.07. The van der Waals surface area contributed by atoms with Crippen LogP contribution in [0.4, 0.5) is 5.69 Å². The first kappa shape index (κ1) is 19.0. The molecule has 0 saturated carbocycles. The van der Waals surface area contributed by atoms with Crippen molar-refractivity contribution in [1.29, 1.82) is 0 Å². The number of benzene rings is 2. The van der Waals surface area contributed by atoms with Gasteiger partial charge >= 0.3 is 0 Å². The fraction of sp³-hybridized carbons (Fsp3) is 0.130. The predicted octanol–water partition coefficient (Wildman–Crippen LogP) is 4.43. The molecule has 0 spiro atoms. The number of nitrogens with zero attached hydrogens (tertiary/aromatic N) is 4. The number of aromatic nitrogens is 3. The topological polar surface area (TPSA) is 44.2 Å². The Kier molecular flexibility index (Phi) is 5.18. The monoisotopic (exact) mass is 402 g/mol. The molecule has 0 saturated heterocycles. The van der Waals surface area contributed by atoms with E-state index in [9.17, 15) is 4.79 Å². The van der Waals surface area contributed by atoms with E-state index in [2.05, 4.69) is 28.7 Å². The van der Waals surface area contributed by atoms with E-state index in [-0.39, 0.29) is 5.56 Å². The largest absolute Gasteiger partial charge is 0.313 e. The summed E-state index contributed by atoms with van der Waals surface area (Å²) in [6.07, 6.45) is 1.85. The van der Waals surface area contributed by atoms with Gasteiger partial charge in [-0.1, -0.05) is 54.6 Å². The van der Waals surface area contributed by atoms with Crippen molar-refractivity contribution in [2.75, 3.05) is 0 Å². The minimum atomic E-state index is -0.129. The molecule has 0 aliphatic rings. The number of para-hydroxylation sites is 1. The molecule has 0 N–H and O–H groups in total. The van der Waals surface area contributed by atoms with Crippen molar-refractivity contribution in [1.82, 2.24) is 13.9 Å². The summed E-state index contributed by atoms with van der Waals surface area (Å²) in [5, 5.41) is 2.08. The van der Waals surface area contributed by atoms with Gasteiger partial charge in [-0.2, -0.15) is 0 Å². The van der Waals surface area contributed by atoms with Crippen LogP contribution in [0.5, 0.6) is 0 Å². The third-order valence-corrected chi connectivity index (χ3v) is 5.77. The van der Waals surface area contributed by atoms with Gasteiger partial charge in [-0.3, -0.25) is 9.48 Å². The molecular weight excluding hydrogens is 380 g/mol. The summed E-state index contributed by atoms with van der Waals surface area (Å²) in [6, 6.07) is 19.8. The molecule has 4 aromatic rings. The minimum Gasteiger partial charge on any atom is -0.313 e. The molecule has 4 rings (SSSR count). The summed E-state index contributed by atoms with van der Waals surface area (Å²) in [5.41, 5.74) is 4.13. The SMILES string of the molecule is C=CCn1c(-c2ccccc2)csc1=Nc1c(C)n(C)n(-c2ccccc2)c1=O. The molecule has 2 aromatic carbocycles. The van der Waals surface area contributed by atoms with Crippen molar-refractivity contribution >= 4 is 17.0 Å². The zero-order valence-electron chi connectivity index (χ0n) is 16.4. The van der Waals surface area contributed by atoms with E-state index in [0.717, 1.165) is 27.4 Å². The van der Waals surface area contributed by atoms with Gasteiger partial charge < -0.3 is 4.57 Å². The maximum Gasteiger partial charge on any atom is 0.297 e. The lowest BCUT2D eigenvalue weighted by molar-refractivity contribution is 0.630. The average molecular weight is 403 g/mol. The summed E-state index contributed by atoms with van der Waals surface area (Å²) in [4.78, 5) is 18.7. The van der Waals surface area contributed by atoms with Gasteiger partial charge in [0.2, 0.25) is 0 Å². The first-order valence-electron chi connectivity index (χ1n) is 9.35. The maximum atomic E-state index is 13.2. The molecule has 0 amide bonds. The smallest absolute Gasteiger partial charge is 0.297 e. The van der Waals surface area contributed by atoms with Crippen LogP contribution in [-0.2, 0) is 13.6 Å². The third-order valence-electron chi connectivity index (χ3n) is 4.91. The molecule has 2 aromatic heterocycles. The highest BCUT2D eigenvalue weighted by Gasteiger charge is 2.16. The van der Waals surface area contributed by atoms with E-state index in [4.69, 9.17) is 4.99 Å². The Hall–Kier alpha value is -3.38. The standard InChI is InChI=1S/C23H22N4OS/c1-4-15-26-20(18-11-7-5-8-12-18)16-29-23(26)24-21-17(2)25(3)27(22(21)28)19-13-9-6-10-14-19/h4-14,16H,1,15H2,2-3H3. The zero-order valence-corrected chi connectivity index (χ0v) is 17.3. The van der Waals surface area contributed by atoms with E-state index in [1.165, 1.54) is 11.3 Å². The number of hydrogen-bond acceptors (Lipinski definition) is 3. The Morgan fingerprint density at radius 1 is 1.07 bits per heavy atom. The normalized spacial score (nSPS) is 11.7. The van der Waals surface area contributed by atoms with Crippen LogP contribution >= 0.6 is 11.3 Å². The van der Waals surface area contributed by atoms with E-state index >= 15 is 0 Å². The first-order valence-corrected chi connectivity index (χ1v) is 10.2. The molecular formula is C23H22N4OS. The summed E-state index contributed by atoms with van der Waals surface area (Å²) >= 11 is 1.53. The molecule has 0 atom stereocenters. The Labute approximate surface area is 173 Å². The molecule has 0 aliphatic heterocycles. The number of thiazole rings is 1. The van der Waals surface area contributed by atoms with Crippen LogP contribution in [0.2, 0.25) is 0 Å². The van der Waals surface area contributed by atoms with Gasteiger partial charge in [0.1, 0.15) is 0 Å². The number of rotatable bonds is 5. The molecule has 0 radical (unpaired) electrons. The molecule has 5 nitrogen and oxygen atoms in total.